The number of hydrogen-bond donors (Lipinski definition) is 2. The maximum atomic E-state index is 11.9. The average molecular weight is 298 g/mol. The molecule has 20 heavy (non-hydrogen) atoms. The summed E-state index contributed by atoms with van der Waals surface area (Å²) in [4.78, 5) is 24.8. The third kappa shape index (κ3) is 4.94. The Kier molecular flexibility index (Phi) is 5.71. The van der Waals surface area contributed by atoms with Crippen molar-refractivity contribution in [1.29, 1.82) is 0 Å². The van der Waals surface area contributed by atoms with Gasteiger partial charge in [-0.25, -0.2) is 4.79 Å². The van der Waals surface area contributed by atoms with Crippen LogP contribution in [0.15, 0.2) is 6.07 Å². The molecule has 0 saturated heterocycles. The lowest BCUT2D eigenvalue weighted by Crippen LogP contribution is -2.36. The Labute approximate surface area is 123 Å². The number of hydrogen-bond acceptors (Lipinski definition) is 5. The van der Waals surface area contributed by atoms with Crippen molar-refractivity contribution in [3.05, 3.63) is 16.5 Å². The van der Waals surface area contributed by atoms with Crippen LogP contribution in [0.4, 0.5) is 5.00 Å². The highest BCUT2D eigenvalue weighted by Crippen LogP contribution is 2.29. The Morgan fingerprint density at radius 1 is 1.40 bits per heavy atom. The summed E-state index contributed by atoms with van der Waals surface area (Å²) in [5.41, 5.74) is 5.65. The number of aryl methyl sites for hydroxylation is 1. The molecule has 1 aromatic rings. The number of anilines is 1. The van der Waals surface area contributed by atoms with Gasteiger partial charge in [0.05, 0.1) is 12.2 Å². The maximum absolute atomic E-state index is 11.9. The number of nitrogens with two attached hydrogens (primary N) is 1. The molecule has 1 aromatic heterocycles. The Bertz CT molecular complexity index is 489. The van der Waals surface area contributed by atoms with Gasteiger partial charge in [-0.05, 0) is 33.3 Å². The maximum Gasteiger partial charge on any atom is 0.341 e. The molecule has 3 N–H and O–H groups in total. The van der Waals surface area contributed by atoms with Gasteiger partial charge in [0.15, 0.2) is 0 Å². The average Bonchev–Trinajstić information content (AvgIpc) is 2.69. The van der Waals surface area contributed by atoms with Crippen molar-refractivity contribution in [3.8, 4) is 0 Å². The molecule has 0 spiro atoms. The number of amides is 1. The zero-order valence-electron chi connectivity index (χ0n) is 12.4. The highest BCUT2D eigenvalue weighted by Gasteiger charge is 2.21. The van der Waals surface area contributed by atoms with Gasteiger partial charge in [-0.3, -0.25) is 4.79 Å². The van der Waals surface area contributed by atoms with E-state index in [2.05, 4.69) is 5.32 Å². The van der Waals surface area contributed by atoms with E-state index in [9.17, 15) is 9.59 Å². The minimum Gasteiger partial charge on any atom is -0.462 e. The summed E-state index contributed by atoms with van der Waals surface area (Å²) >= 11 is 1.39. The fourth-order valence-corrected chi connectivity index (χ4v) is 2.65. The Morgan fingerprint density at radius 3 is 2.55 bits per heavy atom. The molecule has 0 fully saturated rings. The second kappa shape index (κ2) is 6.85. The van der Waals surface area contributed by atoms with Crippen LogP contribution >= 0.6 is 11.3 Å². The first-order valence-electron chi connectivity index (χ1n) is 6.65. The lowest BCUT2D eigenvalue weighted by atomic mass is 10.0. The van der Waals surface area contributed by atoms with Crippen molar-refractivity contribution in [2.45, 2.75) is 46.1 Å². The number of carbonyl (C=O) groups is 2. The number of rotatable bonds is 6. The summed E-state index contributed by atoms with van der Waals surface area (Å²) in [5.74, 6) is -0.613. The van der Waals surface area contributed by atoms with Crippen LogP contribution in [-0.4, -0.2) is 24.0 Å². The molecule has 0 aliphatic carbocycles. The van der Waals surface area contributed by atoms with Gasteiger partial charge in [-0.15, -0.1) is 11.3 Å². The van der Waals surface area contributed by atoms with E-state index in [1.165, 1.54) is 11.3 Å². The fourth-order valence-electron chi connectivity index (χ4n) is 1.65. The van der Waals surface area contributed by atoms with Gasteiger partial charge in [0.2, 0.25) is 5.91 Å². The van der Waals surface area contributed by atoms with Gasteiger partial charge in [-0.1, -0.05) is 6.92 Å². The molecule has 0 aromatic carbocycles. The Hall–Kier alpha value is -1.40. The molecule has 0 bridgehead atoms. The van der Waals surface area contributed by atoms with Crippen LogP contribution in [0.5, 0.6) is 0 Å². The van der Waals surface area contributed by atoms with E-state index in [0.29, 0.717) is 17.2 Å². The van der Waals surface area contributed by atoms with Crippen molar-refractivity contribution in [1.82, 2.24) is 0 Å². The normalized spacial score (nSPS) is 11.2. The van der Waals surface area contributed by atoms with Gasteiger partial charge in [0.25, 0.3) is 0 Å². The highest BCUT2D eigenvalue weighted by molar-refractivity contribution is 7.16. The van der Waals surface area contributed by atoms with Crippen molar-refractivity contribution in [2.24, 2.45) is 5.73 Å². The van der Waals surface area contributed by atoms with Crippen molar-refractivity contribution in [2.75, 3.05) is 11.9 Å². The third-order valence-corrected chi connectivity index (χ3v) is 3.69. The molecule has 6 heteroatoms. The number of carbonyl (C=O) groups excluding carboxylic acids is 2. The van der Waals surface area contributed by atoms with Crippen LogP contribution in [-0.2, 0) is 16.0 Å². The van der Waals surface area contributed by atoms with Gasteiger partial charge >= 0.3 is 5.97 Å². The molecule has 0 unspecified atom stereocenters. The van der Waals surface area contributed by atoms with Crippen LogP contribution in [0.2, 0.25) is 0 Å². The monoisotopic (exact) mass is 298 g/mol. The van der Waals surface area contributed by atoms with Crippen LogP contribution < -0.4 is 11.1 Å². The highest BCUT2D eigenvalue weighted by atomic mass is 32.1. The Balaban J connectivity index is 2.90. The number of esters is 1. The molecule has 5 nitrogen and oxygen atoms in total. The van der Waals surface area contributed by atoms with E-state index >= 15 is 0 Å². The van der Waals surface area contributed by atoms with Crippen molar-refractivity contribution < 1.29 is 14.3 Å². The Morgan fingerprint density at radius 2 is 2.05 bits per heavy atom. The molecular formula is C14H22N2O3S. The van der Waals surface area contributed by atoms with Crippen LogP contribution in [0.1, 0.15) is 49.4 Å². The molecule has 112 valence electrons. The summed E-state index contributed by atoms with van der Waals surface area (Å²) in [5, 5.41) is 3.30. The summed E-state index contributed by atoms with van der Waals surface area (Å²) in [6.07, 6.45) is 0.990. The second-order valence-electron chi connectivity index (χ2n) is 5.24. The van der Waals surface area contributed by atoms with Crippen LogP contribution in [0, 0.1) is 0 Å². The number of thiophene rings is 1. The second-order valence-corrected chi connectivity index (χ2v) is 6.38. The van der Waals surface area contributed by atoms with E-state index in [1.54, 1.807) is 26.8 Å². The van der Waals surface area contributed by atoms with E-state index < -0.39 is 11.5 Å². The minimum atomic E-state index is -0.584. The first-order chi connectivity index (χ1) is 9.26. The predicted octanol–water partition coefficient (Wildman–Crippen LogP) is 2.55. The smallest absolute Gasteiger partial charge is 0.341 e. The van der Waals surface area contributed by atoms with E-state index in [1.807, 2.05) is 6.92 Å². The van der Waals surface area contributed by atoms with Gasteiger partial charge in [0, 0.05) is 16.8 Å². The standard InChI is InChI=1S/C14H22N2O3S/c1-5-9-7-10(13(18)19-6-2)12(20-9)16-11(17)8-14(3,4)15/h7H,5-6,8,15H2,1-4H3,(H,16,17). The zero-order valence-corrected chi connectivity index (χ0v) is 13.2. The molecule has 0 aliphatic heterocycles. The lowest BCUT2D eigenvalue weighted by Gasteiger charge is -2.17. The summed E-state index contributed by atoms with van der Waals surface area (Å²) < 4.78 is 5.00. The molecule has 1 amide bonds. The molecule has 1 rings (SSSR count). The number of ether oxygens (including phenoxy) is 1. The SMILES string of the molecule is CCOC(=O)c1cc(CC)sc1NC(=O)CC(C)(C)N. The topological polar surface area (TPSA) is 81.4 Å². The molecule has 0 radical (unpaired) electrons. The third-order valence-electron chi connectivity index (χ3n) is 2.50. The fraction of sp³-hybridized carbons (Fsp3) is 0.571. The van der Waals surface area contributed by atoms with Gasteiger partial charge in [0.1, 0.15) is 5.00 Å². The van der Waals surface area contributed by atoms with Crippen LogP contribution in [0.25, 0.3) is 0 Å². The lowest BCUT2D eigenvalue weighted by molar-refractivity contribution is -0.117. The molecule has 0 saturated carbocycles. The van der Waals surface area contributed by atoms with Crippen molar-refractivity contribution >= 4 is 28.2 Å². The first-order valence-corrected chi connectivity index (χ1v) is 7.47. The number of nitrogens with one attached hydrogen (secondary N) is 1. The van der Waals surface area contributed by atoms with Crippen molar-refractivity contribution in [3.63, 3.8) is 0 Å². The minimum absolute atomic E-state index is 0.189. The molecule has 1 heterocycles. The van der Waals surface area contributed by atoms with Gasteiger partial charge < -0.3 is 15.8 Å². The molecule has 0 aliphatic rings. The van der Waals surface area contributed by atoms with E-state index in [-0.39, 0.29) is 12.3 Å². The predicted molar refractivity (Wildman–Crippen MR) is 81.2 cm³/mol. The van der Waals surface area contributed by atoms with Crippen LogP contribution in [0.3, 0.4) is 0 Å². The van der Waals surface area contributed by atoms with E-state index in [0.717, 1.165) is 11.3 Å². The largest absolute Gasteiger partial charge is 0.462 e. The van der Waals surface area contributed by atoms with E-state index in [4.69, 9.17) is 10.5 Å². The quantitative estimate of drug-likeness (QED) is 0.791. The molecular weight excluding hydrogens is 276 g/mol. The summed E-state index contributed by atoms with van der Waals surface area (Å²) in [6, 6.07) is 1.77. The summed E-state index contributed by atoms with van der Waals surface area (Å²) in [7, 11) is 0. The first kappa shape index (κ1) is 16.7. The summed E-state index contributed by atoms with van der Waals surface area (Å²) in [6.45, 7) is 7.62. The zero-order chi connectivity index (χ0) is 15.3. The molecule has 0 atom stereocenters. The van der Waals surface area contributed by atoms with Gasteiger partial charge in [-0.2, -0.15) is 0 Å².